The molecule has 2 aromatic carbocycles. The van der Waals surface area contributed by atoms with Gasteiger partial charge in [-0.2, -0.15) is 0 Å². The number of hydrogen-bond donors (Lipinski definition) is 3. The van der Waals surface area contributed by atoms with Crippen molar-refractivity contribution >= 4 is 29.2 Å². The number of rotatable bonds is 5. The van der Waals surface area contributed by atoms with Crippen LogP contribution in [0.5, 0.6) is 0 Å². The Kier molecular flexibility index (Phi) is 4.47. The van der Waals surface area contributed by atoms with Crippen molar-refractivity contribution in [3.05, 3.63) is 59.9 Å². The molecule has 1 aliphatic rings. The Labute approximate surface area is 142 Å². The predicted molar refractivity (Wildman–Crippen MR) is 88.7 cm³/mol. The minimum atomic E-state index is -0.983. The van der Waals surface area contributed by atoms with E-state index in [1.165, 1.54) is 24.3 Å². The number of nitrogens with one attached hydrogen (secondary N) is 2. The quantitative estimate of drug-likeness (QED) is 0.778. The minimum Gasteiger partial charge on any atom is -0.481 e. The fraction of sp³-hybridized carbons (Fsp3) is 0.167. The van der Waals surface area contributed by atoms with Crippen LogP contribution < -0.4 is 10.6 Å². The fourth-order valence-corrected chi connectivity index (χ4v) is 2.50. The molecule has 0 saturated heterocycles. The van der Waals surface area contributed by atoms with Crippen molar-refractivity contribution in [3.63, 3.8) is 0 Å². The average molecular weight is 342 g/mol. The molecule has 3 N–H and O–H groups in total. The van der Waals surface area contributed by atoms with E-state index in [1.807, 2.05) is 0 Å². The van der Waals surface area contributed by atoms with Crippen molar-refractivity contribution in [3.8, 4) is 0 Å². The second kappa shape index (κ2) is 6.72. The second-order valence-electron chi connectivity index (χ2n) is 5.82. The summed E-state index contributed by atoms with van der Waals surface area (Å²) < 4.78 is 13.2. The highest BCUT2D eigenvalue weighted by Crippen LogP contribution is 2.39. The van der Waals surface area contributed by atoms with Crippen LogP contribution >= 0.6 is 0 Å². The van der Waals surface area contributed by atoms with Gasteiger partial charge in [0.25, 0.3) is 5.91 Å². The van der Waals surface area contributed by atoms with Gasteiger partial charge < -0.3 is 15.7 Å². The van der Waals surface area contributed by atoms with Crippen LogP contribution in [0.3, 0.4) is 0 Å². The molecule has 6 nitrogen and oxygen atoms in total. The van der Waals surface area contributed by atoms with Gasteiger partial charge in [-0.1, -0.05) is 12.1 Å². The molecule has 2 amide bonds. The molecule has 7 heteroatoms. The average Bonchev–Trinajstić information content (AvgIpc) is 3.36. The maximum Gasteiger partial charge on any atom is 0.307 e. The normalized spacial score (nSPS) is 18.3. The zero-order chi connectivity index (χ0) is 18.0. The summed E-state index contributed by atoms with van der Waals surface area (Å²) in [6, 6.07) is 11.7. The van der Waals surface area contributed by atoms with Crippen molar-refractivity contribution in [1.82, 2.24) is 0 Å². The van der Waals surface area contributed by atoms with Crippen molar-refractivity contribution < 1.29 is 23.9 Å². The van der Waals surface area contributed by atoms with E-state index < -0.39 is 29.5 Å². The van der Waals surface area contributed by atoms with Gasteiger partial charge in [0.15, 0.2) is 0 Å². The number of carbonyl (C=O) groups excluding carboxylic acids is 2. The molecule has 3 rings (SSSR count). The number of carboxylic acid groups (broad SMARTS) is 1. The number of carboxylic acids is 1. The molecule has 1 fully saturated rings. The summed E-state index contributed by atoms with van der Waals surface area (Å²) in [6.07, 6.45) is 0.320. The Bertz CT molecular complexity index is 852. The molecular formula is C18H15FN2O4. The van der Waals surface area contributed by atoms with Crippen molar-refractivity contribution in [2.75, 3.05) is 10.6 Å². The molecule has 128 valence electrons. The number of benzene rings is 2. The van der Waals surface area contributed by atoms with Crippen LogP contribution in [-0.2, 0) is 9.59 Å². The first-order valence-corrected chi connectivity index (χ1v) is 7.64. The van der Waals surface area contributed by atoms with E-state index in [1.54, 1.807) is 24.3 Å². The lowest BCUT2D eigenvalue weighted by atomic mass is 10.1. The van der Waals surface area contributed by atoms with E-state index in [0.717, 1.165) is 0 Å². The monoisotopic (exact) mass is 342 g/mol. The van der Waals surface area contributed by atoms with Gasteiger partial charge in [0.05, 0.1) is 11.8 Å². The SMILES string of the molecule is O=C(Nc1cccc(F)c1)c1cccc(NC(=O)C2CC2C(=O)O)c1. The summed E-state index contributed by atoms with van der Waals surface area (Å²) in [6.45, 7) is 0. The van der Waals surface area contributed by atoms with Gasteiger partial charge in [-0.3, -0.25) is 14.4 Å². The Morgan fingerprint density at radius 2 is 1.64 bits per heavy atom. The van der Waals surface area contributed by atoms with Crippen molar-refractivity contribution in [1.29, 1.82) is 0 Å². The number of hydrogen-bond acceptors (Lipinski definition) is 3. The van der Waals surface area contributed by atoms with Crippen LogP contribution in [-0.4, -0.2) is 22.9 Å². The van der Waals surface area contributed by atoms with E-state index in [4.69, 9.17) is 5.11 Å². The molecule has 0 aliphatic heterocycles. The molecule has 0 bridgehead atoms. The van der Waals surface area contributed by atoms with E-state index in [9.17, 15) is 18.8 Å². The van der Waals surface area contributed by atoms with Crippen LogP contribution in [0.25, 0.3) is 0 Å². The van der Waals surface area contributed by atoms with Gasteiger partial charge in [-0.25, -0.2) is 4.39 Å². The topological polar surface area (TPSA) is 95.5 Å². The number of halogens is 1. The Morgan fingerprint density at radius 3 is 2.28 bits per heavy atom. The third-order valence-electron chi connectivity index (χ3n) is 3.92. The lowest BCUT2D eigenvalue weighted by molar-refractivity contribution is -0.139. The first kappa shape index (κ1) is 16.6. The van der Waals surface area contributed by atoms with Crippen LogP contribution in [0.15, 0.2) is 48.5 Å². The summed E-state index contributed by atoms with van der Waals surface area (Å²) in [5.74, 6) is -3.45. The van der Waals surface area contributed by atoms with Crippen LogP contribution in [0, 0.1) is 17.7 Å². The Balaban J connectivity index is 1.66. The maximum atomic E-state index is 13.2. The third-order valence-corrected chi connectivity index (χ3v) is 3.92. The molecule has 25 heavy (non-hydrogen) atoms. The van der Waals surface area contributed by atoms with Gasteiger partial charge in [0, 0.05) is 16.9 Å². The van der Waals surface area contributed by atoms with Gasteiger partial charge in [-0.05, 0) is 42.8 Å². The van der Waals surface area contributed by atoms with Crippen LogP contribution in [0.4, 0.5) is 15.8 Å². The lowest BCUT2D eigenvalue weighted by Crippen LogP contribution is -2.17. The molecule has 2 atom stereocenters. The highest BCUT2D eigenvalue weighted by molar-refractivity contribution is 6.05. The summed E-state index contributed by atoms with van der Waals surface area (Å²) in [7, 11) is 0. The fourth-order valence-electron chi connectivity index (χ4n) is 2.50. The highest BCUT2D eigenvalue weighted by Gasteiger charge is 2.48. The summed E-state index contributed by atoms with van der Waals surface area (Å²) in [4.78, 5) is 35.0. The number of aliphatic carboxylic acids is 1. The van der Waals surface area contributed by atoms with Crippen LogP contribution in [0.1, 0.15) is 16.8 Å². The highest BCUT2D eigenvalue weighted by atomic mass is 19.1. The molecule has 0 heterocycles. The lowest BCUT2D eigenvalue weighted by Gasteiger charge is -2.08. The standard InChI is InChI=1S/C18H15FN2O4/c19-11-4-2-6-13(8-11)20-16(22)10-3-1-5-12(7-10)21-17(23)14-9-15(14)18(24)25/h1-8,14-15H,9H2,(H,20,22)(H,21,23)(H,24,25). The first-order valence-electron chi connectivity index (χ1n) is 7.64. The molecule has 0 radical (unpaired) electrons. The van der Waals surface area contributed by atoms with Gasteiger partial charge in [0.2, 0.25) is 5.91 Å². The molecule has 1 aliphatic carbocycles. The molecule has 1 saturated carbocycles. The van der Waals surface area contributed by atoms with Crippen molar-refractivity contribution in [2.24, 2.45) is 11.8 Å². The Morgan fingerprint density at radius 1 is 0.960 bits per heavy atom. The number of anilines is 2. The molecule has 0 aromatic heterocycles. The van der Waals surface area contributed by atoms with E-state index in [0.29, 0.717) is 17.8 Å². The van der Waals surface area contributed by atoms with Crippen molar-refractivity contribution in [2.45, 2.75) is 6.42 Å². The van der Waals surface area contributed by atoms with E-state index >= 15 is 0 Å². The second-order valence-corrected chi connectivity index (χ2v) is 5.82. The zero-order valence-corrected chi connectivity index (χ0v) is 13.0. The molecule has 2 aromatic rings. The number of amides is 2. The Hall–Kier alpha value is -3.22. The largest absolute Gasteiger partial charge is 0.481 e. The third kappa shape index (κ3) is 4.00. The van der Waals surface area contributed by atoms with E-state index in [2.05, 4.69) is 10.6 Å². The first-order chi connectivity index (χ1) is 11.9. The van der Waals surface area contributed by atoms with Crippen LogP contribution in [0.2, 0.25) is 0 Å². The summed E-state index contributed by atoms with van der Waals surface area (Å²) in [5.41, 5.74) is 1.00. The maximum absolute atomic E-state index is 13.2. The predicted octanol–water partition coefficient (Wildman–Crippen LogP) is 2.74. The van der Waals surface area contributed by atoms with E-state index in [-0.39, 0.29) is 11.5 Å². The molecule has 0 spiro atoms. The zero-order valence-electron chi connectivity index (χ0n) is 13.0. The minimum absolute atomic E-state index is 0.285. The van der Waals surface area contributed by atoms with Gasteiger partial charge in [0.1, 0.15) is 5.82 Å². The summed E-state index contributed by atoms with van der Waals surface area (Å²) >= 11 is 0. The smallest absolute Gasteiger partial charge is 0.307 e. The number of carbonyl (C=O) groups is 3. The summed E-state index contributed by atoms with van der Waals surface area (Å²) in [5, 5.41) is 14.0. The van der Waals surface area contributed by atoms with Gasteiger partial charge in [-0.15, -0.1) is 0 Å². The van der Waals surface area contributed by atoms with Gasteiger partial charge >= 0.3 is 5.97 Å². The molecular weight excluding hydrogens is 327 g/mol. The molecule has 2 unspecified atom stereocenters.